The molecule has 6 nitrogen and oxygen atoms in total. The number of hydrogen-bond acceptors (Lipinski definition) is 5. The van der Waals surface area contributed by atoms with Crippen molar-refractivity contribution in [2.75, 3.05) is 49.9 Å². The minimum atomic E-state index is -0.705. The molecule has 2 aromatic carbocycles. The lowest BCUT2D eigenvalue weighted by Gasteiger charge is -2.35. The summed E-state index contributed by atoms with van der Waals surface area (Å²) in [4.78, 5) is 20.6. The molecule has 176 valence electrons. The number of likely N-dealkylation sites (N-methyl/N-ethyl adjacent to an activating group) is 1. The standard InChI is InChI=1S/C26H27F2N5O/c1-2-32-9-11-33(12-10-32)18-5-3-16(4-6-18)19-14-22(25(29)31-24(19)28)21-13-17-7-8-30-26(34)20(17)15-23(21)27/h3-6,13-15H,2,7-12H2,1H3,(H2,29,31)(H,30,34). The molecular formula is C26H27F2N5O. The molecule has 5 rings (SSSR count). The number of piperazine rings is 1. The summed E-state index contributed by atoms with van der Waals surface area (Å²) in [6.07, 6.45) is 0.587. The smallest absolute Gasteiger partial charge is 0.251 e. The zero-order valence-corrected chi connectivity index (χ0v) is 19.1. The van der Waals surface area contributed by atoms with E-state index < -0.39 is 11.8 Å². The number of fused-ring (bicyclic) bond motifs is 1. The molecule has 0 unspecified atom stereocenters. The van der Waals surface area contributed by atoms with E-state index in [0.29, 0.717) is 29.7 Å². The van der Waals surface area contributed by atoms with Crippen LogP contribution in [0.4, 0.5) is 20.3 Å². The van der Waals surface area contributed by atoms with E-state index in [1.807, 2.05) is 24.3 Å². The van der Waals surface area contributed by atoms with Crippen LogP contribution in [0.1, 0.15) is 22.8 Å². The molecule has 1 amide bonds. The maximum absolute atomic E-state index is 15.0. The molecule has 0 saturated carbocycles. The normalized spacial score (nSPS) is 16.3. The lowest BCUT2D eigenvalue weighted by Crippen LogP contribution is -2.46. The van der Waals surface area contributed by atoms with Crippen molar-refractivity contribution in [3.8, 4) is 22.3 Å². The third kappa shape index (κ3) is 4.09. The third-order valence-corrected chi connectivity index (χ3v) is 6.78. The Morgan fingerprint density at radius 3 is 2.41 bits per heavy atom. The van der Waals surface area contributed by atoms with Crippen molar-refractivity contribution in [2.45, 2.75) is 13.3 Å². The molecule has 1 fully saturated rings. The lowest BCUT2D eigenvalue weighted by atomic mass is 9.93. The number of pyridine rings is 1. The first-order valence-electron chi connectivity index (χ1n) is 11.6. The summed E-state index contributed by atoms with van der Waals surface area (Å²) in [5, 5.41) is 2.71. The first-order chi connectivity index (χ1) is 16.4. The quantitative estimate of drug-likeness (QED) is 0.577. The van der Waals surface area contributed by atoms with Crippen LogP contribution in [0.3, 0.4) is 0 Å². The highest BCUT2D eigenvalue weighted by molar-refractivity contribution is 5.97. The number of nitrogens with two attached hydrogens (primary N) is 1. The molecule has 0 radical (unpaired) electrons. The Morgan fingerprint density at radius 1 is 0.971 bits per heavy atom. The summed E-state index contributed by atoms with van der Waals surface area (Å²) in [6, 6.07) is 12.0. The second kappa shape index (κ2) is 9.02. The minimum absolute atomic E-state index is 0.0919. The summed E-state index contributed by atoms with van der Waals surface area (Å²) in [5.41, 5.74) is 9.56. The van der Waals surface area contributed by atoms with E-state index in [2.05, 4.69) is 27.0 Å². The second-order valence-electron chi connectivity index (χ2n) is 8.72. The number of nitrogens with one attached hydrogen (secondary N) is 1. The molecule has 3 heterocycles. The van der Waals surface area contributed by atoms with Gasteiger partial charge in [-0.15, -0.1) is 0 Å². The molecule has 0 aliphatic carbocycles. The van der Waals surface area contributed by atoms with Gasteiger partial charge in [-0.2, -0.15) is 4.39 Å². The van der Waals surface area contributed by atoms with E-state index in [4.69, 9.17) is 5.73 Å². The molecule has 3 N–H and O–H groups in total. The molecular weight excluding hydrogens is 436 g/mol. The van der Waals surface area contributed by atoms with Crippen LogP contribution in [0.25, 0.3) is 22.3 Å². The van der Waals surface area contributed by atoms with Crippen molar-refractivity contribution in [3.05, 3.63) is 65.4 Å². The Balaban J connectivity index is 1.47. The molecule has 8 heteroatoms. The average molecular weight is 464 g/mol. The van der Waals surface area contributed by atoms with Gasteiger partial charge in [-0.25, -0.2) is 9.37 Å². The highest BCUT2D eigenvalue weighted by Crippen LogP contribution is 2.35. The van der Waals surface area contributed by atoms with Gasteiger partial charge >= 0.3 is 0 Å². The highest BCUT2D eigenvalue weighted by Gasteiger charge is 2.23. The van der Waals surface area contributed by atoms with Gasteiger partial charge in [0.15, 0.2) is 0 Å². The van der Waals surface area contributed by atoms with Crippen LogP contribution in [0.2, 0.25) is 0 Å². The van der Waals surface area contributed by atoms with E-state index in [1.165, 1.54) is 6.07 Å². The molecule has 2 aliphatic heterocycles. The van der Waals surface area contributed by atoms with Crippen molar-refractivity contribution in [1.29, 1.82) is 0 Å². The first kappa shape index (κ1) is 22.3. The van der Waals surface area contributed by atoms with Crippen LogP contribution in [0.5, 0.6) is 0 Å². The summed E-state index contributed by atoms with van der Waals surface area (Å²) in [7, 11) is 0. The largest absolute Gasteiger partial charge is 0.383 e. The predicted octanol–water partition coefficient (Wildman–Crippen LogP) is 3.70. The predicted molar refractivity (Wildman–Crippen MR) is 130 cm³/mol. The zero-order valence-electron chi connectivity index (χ0n) is 19.1. The van der Waals surface area contributed by atoms with E-state index in [-0.39, 0.29) is 22.9 Å². The number of hydrogen-bond donors (Lipinski definition) is 2. The monoisotopic (exact) mass is 463 g/mol. The van der Waals surface area contributed by atoms with Crippen molar-refractivity contribution in [2.24, 2.45) is 0 Å². The Kier molecular flexibility index (Phi) is 5.91. The van der Waals surface area contributed by atoms with Gasteiger partial charge in [-0.05, 0) is 54.4 Å². The summed E-state index contributed by atoms with van der Waals surface area (Å²) in [5.74, 6) is -1.69. The van der Waals surface area contributed by atoms with Gasteiger partial charge in [-0.1, -0.05) is 19.1 Å². The van der Waals surface area contributed by atoms with Crippen LogP contribution < -0.4 is 16.0 Å². The topological polar surface area (TPSA) is 74.5 Å². The van der Waals surface area contributed by atoms with Gasteiger partial charge in [0, 0.05) is 60.7 Å². The molecule has 2 aliphatic rings. The highest BCUT2D eigenvalue weighted by atomic mass is 19.1. The van der Waals surface area contributed by atoms with Gasteiger partial charge < -0.3 is 20.9 Å². The Hall–Kier alpha value is -3.52. The summed E-state index contributed by atoms with van der Waals surface area (Å²) < 4.78 is 29.8. The average Bonchev–Trinajstić information content (AvgIpc) is 2.85. The van der Waals surface area contributed by atoms with E-state index >= 15 is 0 Å². The number of halogens is 2. The second-order valence-corrected chi connectivity index (χ2v) is 8.72. The molecule has 1 aromatic heterocycles. The number of nitrogens with zero attached hydrogens (tertiary/aromatic N) is 3. The van der Waals surface area contributed by atoms with E-state index in [0.717, 1.165) is 44.0 Å². The van der Waals surface area contributed by atoms with E-state index in [9.17, 15) is 13.6 Å². The van der Waals surface area contributed by atoms with Crippen molar-refractivity contribution < 1.29 is 13.6 Å². The Morgan fingerprint density at radius 2 is 1.71 bits per heavy atom. The maximum atomic E-state index is 15.0. The maximum Gasteiger partial charge on any atom is 0.251 e. The van der Waals surface area contributed by atoms with Gasteiger partial charge in [0.25, 0.3) is 5.91 Å². The number of aromatic nitrogens is 1. The Labute approximate surface area is 197 Å². The minimum Gasteiger partial charge on any atom is -0.383 e. The molecule has 1 saturated heterocycles. The fourth-order valence-corrected chi connectivity index (χ4v) is 4.74. The summed E-state index contributed by atoms with van der Waals surface area (Å²) >= 11 is 0. The van der Waals surface area contributed by atoms with Crippen LogP contribution >= 0.6 is 0 Å². The fraction of sp³-hybridized carbons (Fsp3) is 0.308. The van der Waals surface area contributed by atoms with Crippen LogP contribution in [-0.4, -0.2) is 55.1 Å². The van der Waals surface area contributed by atoms with Crippen LogP contribution in [0, 0.1) is 11.8 Å². The number of nitrogen functional groups attached to an aromatic ring is 1. The number of carbonyl (C=O) groups excluding carboxylic acids is 1. The molecule has 34 heavy (non-hydrogen) atoms. The zero-order chi connectivity index (χ0) is 23.8. The van der Waals surface area contributed by atoms with Crippen LogP contribution in [-0.2, 0) is 6.42 Å². The molecule has 0 bridgehead atoms. The third-order valence-electron chi connectivity index (χ3n) is 6.78. The van der Waals surface area contributed by atoms with Gasteiger partial charge in [-0.3, -0.25) is 4.79 Å². The lowest BCUT2D eigenvalue weighted by molar-refractivity contribution is 0.0945. The summed E-state index contributed by atoms with van der Waals surface area (Å²) in [6.45, 7) is 7.64. The number of carbonyl (C=O) groups is 1. The molecule has 3 aromatic rings. The van der Waals surface area contributed by atoms with Gasteiger partial charge in [0.2, 0.25) is 5.95 Å². The number of rotatable bonds is 4. The number of benzene rings is 2. The SMILES string of the molecule is CCN1CCN(c2ccc(-c3cc(-c4cc5c(cc4F)C(=O)NCC5)c(N)nc3F)cc2)CC1. The van der Waals surface area contributed by atoms with Crippen molar-refractivity contribution >= 4 is 17.4 Å². The number of anilines is 2. The van der Waals surface area contributed by atoms with Gasteiger partial charge in [0.05, 0.1) is 0 Å². The Bertz CT molecular complexity index is 1240. The fourth-order valence-electron chi connectivity index (χ4n) is 4.74. The van der Waals surface area contributed by atoms with Crippen molar-refractivity contribution in [1.82, 2.24) is 15.2 Å². The first-order valence-corrected chi connectivity index (χ1v) is 11.6. The molecule has 0 atom stereocenters. The number of amides is 1. The van der Waals surface area contributed by atoms with Crippen LogP contribution in [0.15, 0.2) is 42.5 Å². The molecule has 0 spiro atoms. The van der Waals surface area contributed by atoms with Gasteiger partial charge in [0.1, 0.15) is 11.6 Å². The van der Waals surface area contributed by atoms with Crippen molar-refractivity contribution in [3.63, 3.8) is 0 Å². The van der Waals surface area contributed by atoms with E-state index in [1.54, 1.807) is 12.1 Å².